The van der Waals surface area contributed by atoms with Gasteiger partial charge in [-0.25, -0.2) is 0 Å². The first kappa shape index (κ1) is 12.9. The Hall–Kier alpha value is -1.84. The molecule has 0 spiro atoms. The zero-order valence-electron chi connectivity index (χ0n) is 11.9. The monoisotopic (exact) mass is 285 g/mol. The minimum atomic E-state index is -0.853. The molecular weight excluding hydrogens is 266 g/mol. The summed E-state index contributed by atoms with van der Waals surface area (Å²) in [6.07, 6.45) is 4.61. The second-order valence-electron chi connectivity index (χ2n) is 6.57. The molecule has 4 rings (SSSR count). The lowest BCUT2D eigenvalue weighted by Crippen LogP contribution is -2.32. The number of nitrogens with zero attached hydrogens (tertiary/aromatic N) is 1. The average Bonchev–Trinajstić information content (AvgIpc) is 3.35. The molecular formula is C17H19NO3. The maximum absolute atomic E-state index is 12.2. The molecule has 4 nitrogen and oxygen atoms in total. The van der Waals surface area contributed by atoms with E-state index < -0.39 is 11.9 Å². The Bertz CT molecular complexity index is 604. The largest absolute Gasteiger partial charge is 0.481 e. The molecule has 110 valence electrons. The first-order valence-corrected chi connectivity index (χ1v) is 7.79. The van der Waals surface area contributed by atoms with Crippen molar-refractivity contribution >= 4 is 11.9 Å². The second kappa shape index (κ2) is 4.58. The third-order valence-corrected chi connectivity index (χ3v) is 4.92. The van der Waals surface area contributed by atoms with E-state index >= 15 is 0 Å². The second-order valence-corrected chi connectivity index (χ2v) is 6.57. The minimum Gasteiger partial charge on any atom is -0.481 e. The first-order chi connectivity index (χ1) is 10.1. The molecule has 2 aliphatic carbocycles. The highest BCUT2D eigenvalue weighted by molar-refractivity contribution is 5.87. The molecule has 1 aliphatic heterocycles. The van der Waals surface area contributed by atoms with Crippen LogP contribution in [-0.2, 0) is 9.59 Å². The number of hydrogen-bond acceptors (Lipinski definition) is 2. The Morgan fingerprint density at radius 3 is 2.48 bits per heavy atom. The van der Waals surface area contributed by atoms with Gasteiger partial charge in [0.2, 0.25) is 5.91 Å². The van der Waals surface area contributed by atoms with Gasteiger partial charge >= 0.3 is 5.97 Å². The van der Waals surface area contributed by atoms with E-state index in [0.717, 1.165) is 18.4 Å². The van der Waals surface area contributed by atoms with Gasteiger partial charge in [-0.15, -0.1) is 0 Å². The van der Waals surface area contributed by atoms with E-state index in [-0.39, 0.29) is 24.4 Å². The molecule has 2 unspecified atom stereocenters. The van der Waals surface area contributed by atoms with Gasteiger partial charge in [-0.2, -0.15) is 0 Å². The van der Waals surface area contributed by atoms with Gasteiger partial charge in [-0.05, 0) is 42.7 Å². The van der Waals surface area contributed by atoms with Crippen molar-refractivity contribution in [1.82, 2.24) is 4.90 Å². The summed E-state index contributed by atoms with van der Waals surface area (Å²) < 4.78 is 0. The van der Waals surface area contributed by atoms with E-state index in [2.05, 4.69) is 12.1 Å². The number of carboxylic acid groups (broad SMARTS) is 1. The minimum absolute atomic E-state index is 0.00623. The highest BCUT2D eigenvalue weighted by Crippen LogP contribution is 2.46. The Kier molecular flexibility index (Phi) is 2.81. The fourth-order valence-electron chi connectivity index (χ4n) is 3.57. The molecule has 1 saturated heterocycles. The topological polar surface area (TPSA) is 57.6 Å². The van der Waals surface area contributed by atoms with Crippen LogP contribution in [0.2, 0.25) is 0 Å². The number of benzene rings is 1. The van der Waals surface area contributed by atoms with Gasteiger partial charge in [0, 0.05) is 12.5 Å². The van der Waals surface area contributed by atoms with E-state index in [1.807, 2.05) is 17.0 Å². The summed E-state index contributed by atoms with van der Waals surface area (Å²) in [5, 5.41) is 9.49. The van der Waals surface area contributed by atoms with E-state index in [9.17, 15) is 14.7 Å². The molecule has 0 bridgehead atoms. The summed E-state index contributed by atoms with van der Waals surface area (Å²) in [6.45, 7) is 0. The van der Waals surface area contributed by atoms with Gasteiger partial charge in [0.15, 0.2) is 0 Å². The zero-order chi connectivity index (χ0) is 14.6. The fraction of sp³-hybridized carbons (Fsp3) is 0.529. The highest BCUT2D eigenvalue weighted by Gasteiger charge is 2.50. The van der Waals surface area contributed by atoms with Crippen molar-refractivity contribution in [3.63, 3.8) is 0 Å². The lowest BCUT2D eigenvalue weighted by Gasteiger charge is -2.27. The molecule has 1 aromatic rings. The number of amides is 1. The lowest BCUT2D eigenvalue weighted by molar-refractivity contribution is -0.142. The van der Waals surface area contributed by atoms with Gasteiger partial charge in [0.1, 0.15) is 0 Å². The van der Waals surface area contributed by atoms with Crippen molar-refractivity contribution in [3.8, 4) is 0 Å². The van der Waals surface area contributed by atoms with E-state index in [4.69, 9.17) is 0 Å². The van der Waals surface area contributed by atoms with E-state index in [1.54, 1.807) is 0 Å². The van der Waals surface area contributed by atoms with Crippen LogP contribution in [0.25, 0.3) is 0 Å². The summed E-state index contributed by atoms with van der Waals surface area (Å²) in [4.78, 5) is 25.7. The van der Waals surface area contributed by atoms with Gasteiger partial charge in [-0.3, -0.25) is 9.59 Å². The Balaban J connectivity index is 1.72. The van der Waals surface area contributed by atoms with Crippen LogP contribution < -0.4 is 0 Å². The van der Waals surface area contributed by atoms with Crippen LogP contribution in [0, 0.1) is 5.92 Å². The van der Waals surface area contributed by atoms with Gasteiger partial charge < -0.3 is 10.0 Å². The average molecular weight is 285 g/mol. The van der Waals surface area contributed by atoms with Crippen LogP contribution >= 0.6 is 0 Å². The number of carbonyl (C=O) groups excluding carboxylic acids is 1. The predicted molar refractivity (Wildman–Crippen MR) is 76.8 cm³/mol. The Labute approximate surface area is 123 Å². The van der Waals surface area contributed by atoms with Crippen molar-refractivity contribution in [2.45, 2.75) is 50.1 Å². The summed E-state index contributed by atoms with van der Waals surface area (Å²) >= 11 is 0. The van der Waals surface area contributed by atoms with Crippen molar-refractivity contribution in [3.05, 3.63) is 35.4 Å². The molecule has 2 saturated carbocycles. The molecule has 0 aromatic heterocycles. The number of likely N-dealkylation sites (tertiary alicyclic amines) is 1. The third-order valence-electron chi connectivity index (χ3n) is 4.92. The molecule has 1 N–H and O–H groups in total. The zero-order valence-corrected chi connectivity index (χ0v) is 11.9. The summed E-state index contributed by atoms with van der Waals surface area (Å²) in [5.74, 6) is -0.813. The van der Waals surface area contributed by atoms with Crippen molar-refractivity contribution in [2.24, 2.45) is 5.92 Å². The van der Waals surface area contributed by atoms with Crippen LogP contribution in [0.5, 0.6) is 0 Å². The van der Waals surface area contributed by atoms with Crippen LogP contribution in [-0.4, -0.2) is 27.9 Å². The molecule has 3 fully saturated rings. The third kappa shape index (κ3) is 2.23. The predicted octanol–water partition coefficient (Wildman–Crippen LogP) is 2.70. The molecule has 1 amide bonds. The first-order valence-electron chi connectivity index (χ1n) is 7.79. The number of carbonyl (C=O) groups is 2. The Morgan fingerprint density at radius 2 is 1.86 bits per heavy atom. The number of aliphatic carboxylic acids is 1. The normalized spacial score (nSPS) is 29.0. The van der Waals surface area contributed by atoms with Crippen LogP contribution in [0.15, 0.2) is 24.3 Å². The smallest absolute Gasteiger partial charge is 0.309 e. The summed E-state index contributed by atoms with van der Waals surface area (Å²) in [6, 6.07) is 8.23. The molecule has 21 heavy (non-hydrogen) atoms. The molecule has 1 heterocycles. The highest BCUT2D eigenvalue weighted by atomic mass is 16.4. The maximum Gasteiger partial charge on any atom is 0.309 e. The number of rotatable bonds is 4. The quantitative estimate of drug-likeness (QED) is 0.925. The molecule has 2 atom stereocenters. The molecule has 0 radical (unpaired) electrons. The number of carboxylic acids is 1. The van der Waals surface area contributed by atoms with Crippen LogP contribution in [0.4, 0.5) is 0 Å². The number of hydrogen-bond donors (Lipinski definition) is 1. The van der Waals surface area contributed by atoms with Crippen molar-refractivity contribution in [1.29, 1.82) is 0 Å². The van der Waals surface area contributed by atoms with Crippen LogP contribution in [0.3, 0.4) is 0 Å². The fourth-order valence-corrected chi connectivity index (χ4v) is 3.57. The van der Waals surface area contributed by atoms with Crippen LogP contribution in [0.1, 0.15) is 55.2 Å². The SMILES string of the molecule is O=C(O)C1CC(=O)N(C2CC2)C1c1cccc(C2CC2)c1. The molecule has 3 aliphatic rings. The summed E-state index contributed by atoms with van der Waals surface area (Å²) in [7, 11) is 0. The van der Waals surface area contributed by atoms with E-state index in [1.165, 1.54) is 18.4 Å². The summed E-state index contributed by atoms with van der Waals surface area (Å²) in [5.41, 5.74) is 2.30. The van der Waals surface area contributed by atoms with Crippen molar-refractivity contribution in [2.75, 3.05) is 0 Å². The van der Waals surface area contributed by atoms with Gasteiger partial charge in [0.05, 0.1) is 12.0 Å². The van der Waals surface area contributed by atoms with Gasteiger partial charge in [-0.1, -0.05) is 24.3 Å². The van der Waals surface area contributed by atoms with E-state index in [0.29, 0.717) is 5.92 Å². The maximum atomic E-state index is 12.2. The van der Waals surface area contributed by atoms with Gasteiger partial charge in [0.25, 0.3) is 0 Å². The molecule has 1 aromatic carbocycles. The lowest BCUT2D eigenvalue weighted by atomic mass is 9.92. The van der Waals surface area contributed by atoms with Crippen molar-refractivity contribution < 1.29 is 14.7 Å². The standard InChI is InChI=1S/C17H19NO3/c19-15-9-14(17(20)21)16(18(15)13-6-7-13)12-3-1-2-11(8-12)10-4-5-10/h1-3,8,10,13-14,16H,4-7,9H2,(H,20,21). The molecule has 4 heteroatoms. The Morgan fingerprint density at radius 1 is 1.14 bits per heavy atom.